The van der Waals surface area contributed by atoms with Gasteiger partial charge in [0.25, 0.3) is 0 Å². The van der Waals surface area contributed by atoms with Gasteiger partial charge in [-0.25, -0.2) is 0 Å². The second-order valence-corrected chi connectivity index (χ2v) is 0.158. The molecule has 0 aliphatic heterocycles. The van der Waals surface area contributed by atoms with Crippen molar-refractivity contribution in [2.45, 2.75) is 0 Å². The van der Waals surface area contributed by atoms with Gasteiger partial charge in [0.15, 0.2) is 0 Å². The van der Waals surface area contributed by atoms with Gasteiger partial charge in [0, 0.05) is 0 Å². The minimum absolute atomic E-state index is 0. The van der Waals surface area contributed by atoms with Crippen molar-refractivity contribution in [1.82, 2.24) is 0 Å². The maximum atomic E-state index is 7.21. The zero-order valence-corrected chi connectivity index (χ0v) is 3.75. The summed E-state index contributed by atoms with van der Waals surface area (Å²) in [5.74, 6) is 1.50. The van der Waals surface area contributed by atoms with Gasteiger partial charge in [-0.05, 0) is 0 Å². The molecule has 0 heterocycles. The molecular weight excluding hydrogens is 139 g/mol. The molecule has 0 aromatic carbocycles. The van der Waals surface area contributed by atoms with Crippen LogP contribution in [0.15, 0.2) is 6.58 Å². The average molecular weight is 141 g/mol. The van der Waals surface area contributed by atoms with Crippen LogP contribution in [0.3, 0.4) is 0 Å². The molecule has 0 rings (SSSR count). The molecule has 1 nitrogen and oxygen atoms in total. The molecule has 0 saturated carbocycles. The van der Waals surface area contributed by atoms with Crippen molar-refractivity contribution < 1.29 is 19.5 Å². The quantitative estimate of drug-likeness (QED) is 0.344. The van der Waals surface area contributed by atoms with E-state index in [2.05, 4.69) is 6.58 Å². The molecule has 0 bridgehead atoms. The molecule has 0 spiro atoms. The van der Waals surface area contributed by atoms with Crippen molar-refractivity contribution in [2.24, 2.45) is 0 Å². The smallest absolute Gasteiger partial charge is 0.764 e. The summed E-state index contributed by atoms with van der Waals surface area (Å²) in [6.07, 6.45) is 0. The zero-order valence-electron chi connectivity index (χ0n) is 2.01. The summed E-state index contributed by atoms with van der Waals surface area (Å²) in [6.45, 7) is 2.79. The molecule has 0 aliphatic rings. The maximum Gasteiger partial charge on any atom is 1.00 e. The van der Waals surface area contributed by atoms with Crippen LogP contribution in [-0.4, -0.2) is 5.87 Å². The molecule has 0 aromatic rings. The number of nitrogens with zero attached hydrogens (tertiary/aromatic N) is 1. The minimum Gasteiger partial charge on any atom is -0.764 e. The molecule has 0 amide bonds. The Bertz CT molecular complexity index is 27.0. The van der Waals surface area contributed by atoms with Crippen LogP contribution in [0.5, 0.6) is 0 Å². The fourth-order valence-corrected chi connectivity index (χ4v) is 0. The van der Waals surface area contributed by atoms with Crippen molar-refractivity contribution in [3.63, 3.8) is 0 Å². The monoisotopic (exact) mass is 142 g/mol. The largest absolute Gasteiger partial charge is 1.00 e. The first kappa shape index (κ1) is 8.95. The van der Waals surface area contributed by atoms with E-state index in [1.54, 1.807) is 0 Å². The van der Waals surface area contributed by atoms with Gasteiger partial charge in [0.05, 0.1) is 0 Å². The molecule has 2 heteroatoms. The van der Waals surface area contributed by atoms with Crippen molar-refractivity contribution >= 4 is 5.87 Å². The summed E-state index contributed by atoms with van der Waals surface area (Å²) in [7, 11) is 0. The fraction of sp³-hybridized carbons (Fsp3) is 0. The Morgan fingerprint density at radius 2 is 1.75 bits per heavy atom. The standard InChI is InChI=1S/C2H2N.Ru/c1-2-3;/h1H2;/q-1;+1. The van der Waals surface area contributed by atoms with Crippen LogP contribution >= 0.6 is 0 Å². The van der Waals surface area contributed by atoms with Crippen LogP contribution in [0.1, 0.15) is 0 Å². The summed E-state index contributed by atoms with van der Waals surface area (Å²) in [6, 6.07) is 0. The summed E-state index contributed by atoms with van der Waals surface area (Å²) in [5.41, 5.74) is 0. The number of hydrogen-bond acceptors (Lipinski definition) is 0. The molecule has 0 unspecified atom stereocenters. The molecule has 4 heavy (non-hydrogen) atoms. The van der Waals surface area contributed by atoms with Gasteiger partial charge in [-0.15, -0.1) is 0 Å². The first-order valence-corrected chi connectivity index (χ1v) is 0.577. The third-order valence-electron chi connectivity index (χ3n) is 0. The van der Waals surface area contributed by atoms with Gasteiger partial charge in [0.2, 0.25) is 0 Å². The zero-order chi connectivity index (χ0) is 2.71. The Morgan fingerprint density at radius 1 is 1.75 bits per heavy atom. The predicted octanol–water partition coefficient (Wildman–Crippen LogP) is 0.409. The van der Waals surface area contributed by atoms with Crippen molar-refractivity contribution in [2.75, 3.05) is 0 Å². The second-order valence-electron chi connectivity index (χ2n) is 0.158. The van der Waals surface area contributed by atoms with E-state index in [1.165, 1.54) is 5.87 Å². The van der Waals surface area contributed by atoms with Gasteiger partial charge in [-0.2, -0.15) is 0 Å². The van der Waals surface area contributed by atoms with E-state index in [4.69, 9.17) is 5.41 Å². The maximum absolute atomic E-state index is 7.21. The number of hydrogen-bond donors (Lipinski definition) is 0. The minimum atomic E-state index is 0. The van der Waals surface area contributed by atoms with Crippen LogP contribution in [0.2, 0.25) is 0 Å². The van der Waals surface area contributed by atoms with Crippen LogP contribution in [0, 0.1) is 0 Å². The van der Waals surface area contributed by atoms with Gasteiger partial charge in [-0.1, -0.05) is 6.58 Å². The number of rotatable bonds is 0. The SMILES string of the molecule is C=C=[N-].[Ru+]. The van der Waals surface area contributed by atoms with E-state index in [-0.39, 0.29) is 19.5 Å². The Labute approximate surface area is 38.0 Å². The molecular formula is C2H2NRu. The van der Waals surface area contributed by atoms with Gasteiger partial charge < -0.3 is 5.41 Å². The third-order valence-corrected chi connectivity index (χ3v) is 0. The normalized spacial score (nSPS) is 2.00. The van der Waals surface area contributed by atoms with E-state index in [1.807, 2.05) is 0 Å². The molecule has 0 fully saturated rings. The Hall–Kier alpha value is 0.0734. The third kappa shape index (κ3) is 444. The van der Waals surface area contributed by atoms with Gasteiger partial charge in [0.1, 0.15) is 0 Å². The Morgan fingerprint density at radius 3 is 1.75 bits per heavy atom. The molecule has 0 atom stereocenters. The molecule has 0 aromatic heterocycles. The van der Waals surface area contributed by atoms with Gasteiger partial charge >= 0.3 is 19.5 Å². The van der Waals surface area contributed by atoms with Crippen molar-refractivity contribution in [3.8, 4) is 0 Å². The van der Waals surface area contributed by atoms with Crippen LogP contribution in [-0.2, 0) is 19.5 Å². The fourth-order valence-electron chi connectivity index (χ4n) is 0. The molecule has 1 radical (unpaired) electrons. The summed E-state index contributed by atoms with van der Waals surface area (Å²) in [5, 5.41) is 7.21. The average Bonchev–Trinajstić information content (AvgIpc) is 0.918. The summed E-state index contributed by atoms with van der Waals surface area (Å²) in [4.78, 5) is 0. The van der Waals surface area contributed by atoms with E-state index in [9.17, 15) is 0 Å². The van der Waals surface area contributed by atoms with Crippen molar-refractivity contribution in [3.05, 3.63) is 12.0 Å². The van der Waals surface area contributed by atoms with Crippen LogP contribution < -0.4 is 0 Å². The van der Waals surface area contributed by atoms with E-state index in [0.717, 1.165) is 0 Å². The van der Waals surface area contributed by atoms with E-state index >= 15 is 0 Å². The Balaban J connectivity index is 0. The topological polar surface area (TPSA) is 22.3 Å². The van der Waals surface area contributed by atoms with Crippen LogP contribution in [0.4, 0.5) is 0 Å². The summed E-state index contributed by atoms with van der Waals surface area (Å²) < 4.78 is 0. The Kier molecular flexibility index (Phi) is 25.7. The van der Waals surface area contributed by atoms with Crippen molar-refractivity contribution in [1.29, 1.82) is 0 Å². The van der Waals surface area contributed by atoms with Gasteiger partial charge in [-0.3, -0.25) is 5.87 Å². The molecule has 0 N–H and O–H groups in total. The molecule has 0 aliphatic carbocycles. The molecule has 0 saturated heterocycles. The van der Waals surface area contributed by atoms with Crippen LogP contribution in [0.25, 0.3) is 5.41 Å². The van der Waals surface area contributed by atoms with E-state index < -0.39 is 0 Å². The van der Waals surface area contributed by atoms with E-state index in [0.29, 0.717) is 0 Å². The first-order chi connectivity index (χ1) is 1.41. The predicted molar refractivity (Wildman–Crippen MR) is 14.0 cm³/mol. The second kappa shape index (κ2) is 11.5. The first-order valence-electron chi connectivity index (χ1n) is 0.577. The molecule has 23 valence electrons. The summed E-state index contributed by atoms with van der Waals surface area (Å²) >= 11 is 0.